The van der Waals surface area contributed by atoms with E-state index in [9.17, 15) is 14.4 Å². The van der Waals surface area contributed by atoms with Crippen LogP contribution in [0.4, 0.5) is 21.1 Å². The van der Waals surface area contributed by atoms with E-state index >= 15 is 0 Å². The number of likely N-dealkylation sites (tertiary alicyclic amines) is 1. The van der Waals surface area contributed by atoms with Crippen LogP contribution in [0.3, 0.4) is 0 Å². The molecule has 5 rings (SSSR count). The first-order chi connectivity index (χ1) is 20.4. The van der Waals surface area contributed by atoms with E-state index in [2.05, 4.69) is 15.5 Å². The SMILES string of the molecule is COC(=O)Nc1ccc(Cl)cc1C(=O)N1CCCCC1c1cc2nc(N3CCC(NC(=O)OC(C)(C)C)C3)c(C)cn2n1. The first-order valence-corrected chi connectivity index (χ1v) is 14.9. The second kappa shape index (κ2) is 12.3. The maximum absolute atomic E-state index is 13.9. The van der Waals surface area contributed by atoms with E-state index in [1.807, 2.05) is 40.0 Å². The van der Waals surface area contributed by atoms with E-state index in [0.29, 0.717) is 29.4 Å². The molecular weight excluding hydrogens is 574 g/mol. The van der Waals surface area contributed by atoms with Crippen molar-refractivity contribution in [1.29, 1.82) is 0 Å². The number of carbonyl (C=O) groups excluding carboxylic acids is 3. The number of halogens is 1. The van der Waals surface area contributed by atoms with Gasteiger partial charge in [0, 0.05) is 42.5 Å². The molecule has 0 spiro atoms. The number of anilines is 2. The van der Waals surface area contributed by atoms with Crippen LogP contribution in [0.15, 0.2) is 30.5 Å². The molecule has 2 unspecified atom stereocenters. The highest BCUT2D eigenvalue weighted by molar-refractivity contribution is 6.31. The van der Waals surface area contributed by atoms with Gasteiger partial charge in [-0.3, -0.25) is 10.1 Å². The summed E-state index contributed by atoms with van der Waals surface area (Å²) in [5.41, 5.74) is 2.43. The summed E-state index contributed by atoms with van der Waals surface area (Å²) >= 11 is 6.25. The summed E-state index contributed by atoms with van der Waals surface area (Å²) < 4.78 is 11.9. The van der Waals surface area contributed by atoms with Crippen LogP contribution in [-0.2, 0) is 9.47 Å². The van der Waals surface area contributed by atoms with E-state index in [-0.39, 0.29) is 23.6 Å². The smallest absolute Gasteiger partial charge is 0.411 e. The fourth-order valence-electron chi connectivity index (χ4n) is 5.65. The molecule has 2 aromatic heterocycles. The molecule has 2 aliphatic heterocycles. The Morgan fingerprint density at radius 3 is 2.60 bits per heavy atom. The highest BCUT2D eigenvalue weighted by Crippen LogP contribution is 2.34. The molecule has 1 aromatic carbocycles. The highest BCUT2D eigenvalue weighted by atomic mass is 35.5. The number of aromatic nitrogens is 3. The second-order valence-electron chi connectivity index (χ2n) is 12.0. The first kappa shape index (κ1) is 30.4. The molecule has 0 aliphatic carbocycles. The van der Waals surface area contributed by atoms with E-state index in [1.54, 1.807) is 27.6 Å². The van der Waals surface area contributed by atoms with Crippen molar-refractivity contribution in [2.45, 2.75) is 71.1 Å². The lowest BCUT2D eigenvalue weighted by Gasteiger charge is -2.35. The van der Waals surface area contributed by atoms with E-state index < -0.39 is 17.8 Å². The van der Waals surface area contributed by atoms with Gasteiger partial charge in [-0.15, -0.1) is 0 Å². The predicted octanol–water partition coefficient (Wildman–Crippen LogP) is 5.34. The Bertz CT molecular complexity index is 1540. The van der Waals surface area contributed by atoms with Gasteiger partial charge < -0.3 is 24.6 Å². The number of benzene rings is 1. The van der Waals surface area contributed by atoms with Gasteiger partial charge in [-0.2, -0.15) is 5.10 Å². The Kier molecular flexibility index (Phi) is 8.68. The van der Waals surface area contributed by atoms with Crippen LogP contribution >= 0.6 is 11.6 Å². The lowest BCUT2D eigenvalue weighted by Crippen LogP contribution is -2.40. The molecule has 2 saturated heterocycles. The van der Waals surface area contributed by atoms with Crippen molar-refractivity contribution in [3.8, 4) is 0 Å². The zero-order chi connectivity index (χ0) is 30.9. The molecule has 4 heterocycles. The highest BCUT2D eigenvalue weighted by Gasteiger charge is 2.33. The maximum atomic E-state index is 13.9. The van der Waals surface area contributed by atoms with Crippen LogP contribution in [-0.4, -0.2) is 76.0 Å². The molecule has 2 N–H and O–H groups in total. The Morgan fingerprint density at radius 2 is 1.86 bits per heavy atom. The minimum absolute atomic E-state index is 0.0420. The number of ether oxygens (including phenoxy) is 2. The minimum atomic E-state index is -0.672. The monoisotopic (exact) mass is 611 g/mol. The molecule has 2 fully saturated rings. The zero-order valence-corrected chi connectivity index (χ0v) is 25.9. The maximum Gasteiger partial charge on any atom is 0.411 e. The topological polar surface area (TPSA) is 130 Å². The molecule has 0 saturated carbocycles. The van der Waals surface area contributed by atoms with Crippen molar-refractivity contribution in [3.05, 3.63) is 52.3 Å². The van der Waals surface area contributed by atoms with Crippen molar-refractivity contribution in [2.24, 2.45) is 0 Å². The summed E-state index contributed by atoms with van der Waals surface area (Å²) in [4.78, 5) is 47.0. The summed E-state index contributed by atoms with van der Waals surface area (Å²) in [6, 6.07) is 6.38. The molecule has 43 heavy (non-hydrogen) atoms. The molecule has 2 aliphatic rings. The number of hydrogen-bond acceptors (Lipinski definition) is 8. The van der Waals surface area contributed by atoms with Gasteiger partial charge in [-0.25, -0.2) is 19.1 Å². The van der Waals surface area contributed by atoms with Gasteiger partial charge in [0.15, 0.2) is 5.65 Å². The molecule has 12 nitrogen and oxygen atoms in total. The summed E-state index contributed by atoms with van der Waals surface area (Å²) in [6.07, 6.45) is 4.18. The van der Waals surface area contributed by atoms with E-state index in [1.165, 1.54) is 7.11 Å². The number of amides is 3. The first-order valence-electron chi connectivity index (χ1n) is 14.5. The number of piperidine rings is 1. The van der Waals surface area contributed by atoms with Crippen LogP contribution in [0.1, 0.15) is 74.1 Å². The lowest BCUT2D eigenvalue weighted by atomic mass is 9.98. The standard InChI is InChI=1S/C30H38ClN7O5/c1-18-16-38-25(34-26(18)36-13-11-20(17-36)32-29(41)43-30(2,3)4)15-23(35-38)24-8-6-7-12-37(24)27(39)21-14-19(31)9-10-22(21)33-28(40)42-5/h9-10,14-16,20,24H,6-8,11-13,17H2,1-5H3,(H,32,41)(H,33,40). The zero-order valence-electron chi connectivity index (χ0n) is 25.1. The Hall–Kier alpha value is -4.06. The minimum Gasteiger partial charge on any atom is -0.453 e. The van der Waals surface area contributed by atoms with Crippen molar-refractivity contribution in [2.75, 3.05) is 37.0 Å². The van der Waals surface area contributed by atoms with Crippen LogP contribution in [0.5, 0.6) is 0 Å². The second-order valence-corrected chi connectivity index (χ2v) is 12.5. The van der Waals surface area contributed by atoms with Crippen molar-refractivity contribution >= 4 is 46.8 Å². The number of carbonyl (C=O) groups is 3. The van der Waals surface area contributed by atoms with Crippen molar-refractivity contribution in [1.82, 2.24) is 24.8 Å². The molecular formula is C30H38ClN7O5. The van der Waals surface area contributed by atoms with Crippen LogP contribution in [0.2, 0.25) is 5.02 Å². The molecule has 3 aromatic rings. The average Bonchev–Trinajstić information content (AvgIpc) is 3.58. The van der Waals surface area contributed by atoms with Gasteiger partial charge in [-0.1, -0.05) is 11.6 Å². The predicted molar refractivity (Wildman–Crippen MR) is 163 cm³/mol. The normalized spacial score (nSPS) is 18.9. The number of nitrogens with one attached hydrogen (secondary N) is 2. The van der Waals surface area contributed by atoms with Gasteiger partial charge >= 0.3 is 12.2 Å². The summed E-state index contributed by atoms with van der Waals surface area (Å²) in [5.74, 6) is 0.586. The summed E-state index contributed by atoms with van der Waals surface area (Å²) in [6.45, 7) is 9.43. The van der Waals surface area contributed by atoms with Gasteiger partial charge in [0.25, 0.3) is 5.91 Å². The van der Waals surface area contributed by atoms with Gasteiger partial charge in [-0.05, 0) is 71.6 Å². The Labute approximate surface area is 255 Å². The third-order valence-electron chi connectivity index (χ3n) is 7.57. The van der Waals surface area contributed by atoms with Crippen LogP contribution in [0, 0.1) is 6.92 Å². The number of aryl methyl sites for hydroxylation is 1. The Morgan fingerprint density at radius 1 is 1.07 bits per heavy atom. The summed E-state index contributed by atoms with van der Waals surface area (Å²) in [5, 5.41) is 10.8. The summed E-state index contributed by atoms with van der Waals surface area (Å²) in [7, 11) is 1.26. The van der Waals surface area contributed by atoms with Gasteiger partial charge in [0.05, 0.1) is 36.1 Å². The molecule has 2 atom stereocenters. The number of alkyl carbamates (subject to hydrolysis) is 1. The Balaban J connectivity index is 1.37. The van der Waals surface area contributed by atoms with Gasteiger partial charge in [0.2, 0.25) is 0 Å². The molecule has 13 heteroatoms. The van der Waals surface area contributed by atoms with Crippen LogP contribution < -0.4 is 15.5 Å². The molecule has 0 radical (unpaired) electrons. The number of nitrogens with zero attached hydrogens (tertiary/aromatic N) is 5. The number of fused-ring (bicyclic) bond motifs is 1. The van der Waals surface area contributed by atoms with E-state index in [4.69, 9.17) is 31.2 Å². The fourth-order valence-corrected chi connectivity index (χ4v) is 5.82. The van der Waals surface area contributed by atoms with E-state index in [0.717, 1.165) is 49.3 Å². The third-order valence-corrected chi connectivity index (χ3v) is 7.81. The van der Waals surface area contributed by atoms with Crippen molar-refractivity contribution < 1.29 is 23.9 Å². The van der Waals surface area contributed by atoms with Crippen LogP contribution in [0.25, 0.3) is 5.65 Å². The molecule has 0 bridgehead atoms. The largest absolute Gasteiger partial charge is 0.453 e. The quantitative estimate of drug-likeness (QED) is 0.395. The molecule has 230 valence electrons. The third kappa shape index (κ3) is 6.96. The van der Waals surface area contributed by atoms with Crippen molar-refractivity contribution in [3.63, 3.8) is 0 Å². The number of hydrogen-bond donors (Lipinski definition) is 2. The molecule has 3 amide bonds. The number of methoxy groups -OCH3 is 1. The average molecular weight is 612 g/mol. The number of rotatable bonds is 5. The van der Waals surface area contributed by atoms with Gasteiger partial charge in [0.1, 0.15) is 11.4 Å². The fraction of sp³-hybridized carbons (Fsp3) is 0.500. The lowest BCUT2D eigenvalue weighted by molar-refractivity contribution is 0.0508.